The number of sulfonamides is 1. The number of nitrogen functional groups attached to an aromatic ring is 1. The number of benzene rings is 1. The molecule has 0 atom stereocenters. The van der Waals surface area contributed by atoms with Crippen LogP contribution in [0.5, 0.6) is 0 Å². The van der Waals surface area contributed by atoms with Gasteiger partial charge in [0.1, 0.15) is 4.90 Å². The summed E-state index contributed by atoms with van der Waals surface area (Å²) in [6.45, 7) is 5.21. The van der Waals surface area contributed by atoms with E-state index in [2.05, 4.69) is 11.3 Å². The molecule has 0 amide bonds. The number of halogens is 1. The molecule has 1 rings (SSSR count). The van der Waals surface area contributed by atoms with Crippen LogP contribution in [0.2, 0.25) is 0 Å². The van der Waals surface area contributed by atoms with E-state index in [0.29, 0.717) is 0 Å². The van der Waals surface area contributed by atoms with E-state index >= 15 is 0 Å². The predicted octanol–water partition coefficient (Wildman–Crippen LogP) is 1.61. The maximum atomic E-state index is 11.8. The lowest BCUT2D eigenvalue weighted by Gasteiger charge is -2.08. The van der Waals surface area contributed by atoms with Gasteiger partial charge in [-0.2, -0.15) is 0 Å². The first-order chi connectivity index (χ1) is 7.33. The highest BCUT2D eigenvalue weighted by Crippen LogP contribution is 2.19. The average Bonchev–Trinajstić information content (AvgIpc) is 2.14. The molecule has 16 heavy (non-hydrogen) atoms. The summed E-state index contributed by atoms with van der Waals surface area (Å²) in [7, 11) is -3.62. The minimum Gasteiger partial charge on any atom is -0.398 e. The fourth-order valence-electron chi connectivity index (χ4n) is 1.16. The Kier molecular flexibility index (Phi) is 3.96. The highest BCUT2D eigenvalue weighted by Gasteiger charge is 2.16. The molecule has 1 aromatic rings. The van der Waals surface area contributed by atoms with Crippen LogP contribution in [-0.2, 0) is 10.0 Å². The van der Waals surface area contributed by atoms with Crippen molar-refractivity contribution in [3.8, 4) is 0 Å². The summed E-state index contributed by atoms with van der Waals surface area (Å²) in [6, 6.07) is 4.74. The van der Waals surface area contributed by atoms with Gasteiger partial charge in [0.05, 0.1) is 5.69 Å². The van der Waals surface area contributed by atoms with E-state index in [-0.39, 0.29) is 22.2 Å². The molecule has 88 valence electrons. The van der Waals surface area contributed by atoms with Gasteiger partial charge < -0.3 is 5.73 Å². The molecule has 1 aromatic carbocycles. The fraction of sp³-hybridized carbons (Fsp3) is 0.200. The molecule has 0 radical (unpaired) electrons. The molecular formula is C10H13ClN2O2S. The van der Waals surface area contributed by atoms with Gasteiger partial charge >= 0.3 is 0 Å². The zero-order valence-corrected chi connectivity index (χ0v) is 10.4. The van der Waals surface area contributed by atoms with E-state index < -0.39 is 10.0 Å². The quantitative estimate of drug-likeness (QED) is 0.808. The van der Waals surface area contributed by atoms with Crippen molar-refractivity contribution in [3.63, 3.8) is 0 Å². The van der Waals surface area contributed by atoms with Crippen LogP contribution in [0.25, 0.3) is 0 Å². The first-order valence-corrected chi connectivity index (χ1v) is 6.38. The maximum absolute atomic E-state index is 11.8. The van der Waals surface area contributed by atoms with Crippen LogP contribution in [0, 0.1) is 6.92 Å². The second-order valence-electron chi connectivity index (χ2n) is 3.38. The van der Waals surface area contributed by atoms with Gasteiger partial charge in [-0.05, 0) is 24.6 Å². The number of nitrogens with one attached hydrogen (secondary N) is 1. The molecule has 4 nitrogen and oxygen atoms in total. The largest absolute Gasteiger partial charge is 0.398 e. The van der Waals surface area contributed by atoms with E-state index in [1.165, 1.54) is 6.07 Å². The van der Waals surface area contributed by atoms with Gasteiger partial charge in [0.25, 0.3) is 0 Å². The van der Waals surface area contributed by atoms with Crippen molar-refractivity contribution < 1.29 is 8.42 Å². The Labute approximate surface area is 100 Å². The number of rotatable bonds is 4. The Bertz CT molecular complexity index is 512. The molecule has 0 aromatic heterocycles. The van der Waals surface area contributed by atoms with Gasteiger partial charge in [-0.3, -0.25) is 0 Å². The van der Waals surface area contributed by atoms with Gasteiger partial charge in [-0.25, -0.2) is 13.1 Å². The predicted molar refractivity (Wildman–Crippen MR) is 65.8 cm³/mol. The van der Waals surface area contributed by atoms with Crippen LogP contribution < -0.4 is 10.5 Å². The molecule has 6 heteroatoms. The van der Waals surface area contributed by atoms with Crippen molar-refractivity contribution in [3.05, 3.63) is 35.4 Å². The van der Waals surface area contributed by atoms with Crippen molar-refractivity contribution in [2.75, 3.05) is 12.3 Å². The first-order valence-electron chi connectivity index (χ1n) is 4.52. The van der Waals surface area contributed by atoms with Crippen molar-refractivity contribution in [2.45, 2.75) is 11.8 Å². The zero-order valence-electron chi connectivity index (χ0n) is 8.83. The topological polar surface area (TPSA) is 72.2 Å². The molecule has 0 aliphatic rings. The minimum absolute atomic E-state index is 0.0167. The molecule has 0 unspecified atom stereocenters. The van der Waals surface area contributed by atoms with E-state index in [0.717, 1.165) is 5.56 Å². The lowest BCUT2D eigenvalue weighted by molar-refractivity contribution is 0.586. The SMILES string of the molecule is C=C(Cl)CNS(=O)(=O)c1ccc(C)cc1N. The summed E-state index contributed by atoms with van der Waals surface area (Å²) in [5.41, 5.74) is 6.76. The summed E-state index contributed by atoms with van der Waals surface area (Å²) >= 11 is 5.48. The molecule has 0 aliphatic carbocycles. The highest BCUT2D eigenvalue weighted by molar-refractivity contribution is 7.89. The molecule has 0 aliphatic heterocycles. The molecular weight excluding hydrogens is 248 g/mol. The summed E-state index contributed by atoms with van der Waals surface area (Å²) in [5.74, 6) is 0. The summed E-state index contributed by atoms with van der Waals surface area (Å²) < 4.78 is 25.9. The third kappa shape index (κ3) is 3.23. The van der Waals surface area contributed by atoms with Crippen molar-refractivity contribution >= 4 is 27.3 Å². The van der Waals surface area contributed by atoms with Crippen LogP contribution >= 0.6 is 11.6 Å². The van der Waals surface area contributed by atoms with Crippen molar-refractivity contribution in [1.29, 1.82) is 0 Å². The van der Waals surface area contributed by atoms with Crippen LogP contribution in [-0.4, -0.2) is 15.0 Å². The van der Waals surface area contributed by atoms with E-state index in [4.69, 9.17) is 17.3 Å². The Balaban J connectivity index is 3.03. The highest BCUT2D eigenvalue weighted by atomic mass is 35.5. The average molecular weight is 261 g/mol. The van der Waals surface area contributed by atoms with Crippen molar-refractivity contribution in [1.82, 2.24) is 4.72 Å². The van der Waals surface area contributed by atoms with E-state index in [9.17, 15) is 8.42 Å². The fourth-order valence-corrected chi connectivity index (χ4v) is 2.45. The molecule has 0 fully saturated rings. The Morgan fingerprint density at radius 3 is 2.69 bits per heavy atom. The van der Waals surface area contributed by atoms with Crippen LogP contribution in [0.3, 0.4) is 0 Å². The Morgan fingerprint density at radius 2 is 2.19 bits per heavy atom. The van der Waals surface area contributed by atoms with Gasteiger partial charge in [0, 0.05) is 11.6 Å². The summed E-state index contributed by atoms with van der Waals surface area (Å²) in [5, 5.41) is 0.217. The molecule has 0 saturated carbocycles. The molecule has 0 bridgehead atoms. The standard InChI is InChI=1S/C10H13ClN2O2S/c1-7-3-4-10(9(12)5-7)16(14,15)13-6-8(2)11/h3-5,13H,2,6,12H2,1H3. The van der Waals surface area contributed by atoms with Gasteiger partial charge in [-0.1, -0.05) is 24.2 Å². The Morgan fingerprint density at radius 1 is 1.56 bits per heavy atom. The zero-order chi connectivity index (χ0) is 12.3. The van der Waals surface area contributed by atoms with Gasteiger partial charge in [0.2, 0.25) is 10.0 Å². The maximum Gasteiger partial charge on any atom is 0.242 e. The van der Waals surface area contributed by atoms with E-state index in [1.807, 2.05) is 6.92 Å². The normalized spacial score (nSPS) is 11.4. The second-order valence-corrected chi connectivity index (χ2v) is 5.65. The van der Waals surface area contributed by atoms with Crippen LogP contribution in [0.15, 0.2) is 34.7 Å². The smallest absolute Gasteiger partial charge is 0.242 e. The summed E-state index contributed by atoms with van der Waals surface area (Å²) in [6.07, 6.45) is 0. The lowest BCUT2D eigenvalue weighted by Crippen LogP contribution is -2.25. The lowest BCUT2D eigenvalue weighted by atomic mass is 10.2. The number of nitrogens with two attached hydrogens (primary N) is 1. The Hall–Kier alpha value is -1.04. The van der Waals surface area contributed by atoms with Crippen LogP contribution in [0.4, 0.5) is 5.69 Å². The number of hydrogen-bond donors (Lipinski definition) is 2. The van der Waals surface area contributed by atoms with Gasteiger partial charge in [0.15, 0.2) is 0 Å². The van der Waals surface area contributed by atoms with Crippen molar-refractivity contribution in [2.24, 2.45) is 0 Å². The third-order valence-corrected chi connectivity index (χ3v) is 3.52. The van der Waals surface area contributed by atoms with Gasteiger partial charge in [-0.15, -0.1) is 0 Å². The minimum atomic E-state index is -3.62. The second kappa shape index (κ2) is 4.86. The number of hydrogen-bond acceptors (Lipinski definition) is 3. The monoisotopic (exact) mass is 260 g/mol. The molecule has 0 spiro atoms. The van der Waals surface area contributed by atoms with Crippen LogP contribution in [0.1, 0.15) is 5.56 Å². The number of anilines is 1. The third-order valence-electron chi connectivity index (χ3n) is 1.91. The first kappa shape index (κ1) is 13.0. The molecule has 0 heterocycles. The van der Waals surface area contributed by atoms with E-state index in [1.54, 1.807) is 12.1 Å². The molecule has 3 N–H and O–H groups in total. The number of aryl methyl sites for hydroxylation is 1. The summed E-state index contributed by atoms with van der Waals surface area (Å²) in [4.78, 5) is 0.0519. The molecule has 0 saturated heterocycles.